The molecule has 2 N–H and O–H groups in total. The number of carbonyl (C=O) groups is 2. The van der Waals surface area contributed by atoms with Crippen molar-refractivity contribution >= 4 is 50.1 Å². The predicted molar refractivity (Wildman–Crippen MR) is 161 cm³/mol. The molecule has 2 unspecified atom stereocenters. The van der Waals surface area contributed by atoms with E-state index in [0.29, 0.717) is 21.2 Å². The average Bonchev–Trinajstić information content (AvgIpc) is 3.01. The van der Waals surface area contributed by atoms with Crippen LogP contribution in [0.2, 0.25) is 0 Å². The molecule has 1 fully saturated rings. The molecule has 0 bridgehead atoms. The zero-order valence-corrected chi connectivity index (χ0v) is 23.9. The molecule has 0 saturated heterocycles. The second-order valence-electron chi connectivity index (χ2n) is 10.3. The average molecular weight is 591 g/mol. The van der Waals surface area contributed by atoms with Gasteiger partial charge >= 0.3 is 240 Å². The van der Waals surface area contributed by atoms with E-state index in [9.17, 15) is 28.2 Å². The zero-order valence-electron chi connectivity index (χ0n) is 22.2. The number of hydrogen-bond donors (Lipinski definition) is 2. The fraction of sp³-hybridized carbons (Fsp3) is 0.188. The summed E-state index contributed by atoms with van der Waals surface area (Å²) in [5, 5.41) is 20.8. The van der Waals surface area contributed by atoms with E-state index in [1.165, 1.54) is 0 Å². The van der Waals surface area contributed by atoms with E-state index in [1.807, 2.05) is 121 Å². The quantitative estimate of drug-likeness (QED) is 0.283. The fourth-order valence-corrected chi connectivity index (χ4v) is 15.3. The van der Waals surface area contributed by atoms with Crippen molar-refractivity contribution in [2.75, 3.05) is 0 Å². The normalized spacial score (nSPS) is 20.4. The van der Waals surface area contributed by atoms with Crippen LogP contribution in [0.1, 0.15) is 19.3 Å². The maximum atomic E-state index is 14.7. The molecule has 1 aliphatic rings. The van der Waals surface area contributed by atoms with Crippen LogP contribution >= 0.6 is 6.83 Å². The summed E-state index contributed by atoms with van der Waals surface area (Å²) in [7, 11) is -4.59. The molecule has 41 heavy (non-hydrogen) atoms. The fourth-order valence-electron chi connectivity index (χ4n) is 6.09. The first-order valence-corrected chi connectivity index (χ1v) is 17.0. The van der Waals surface area contributed by atoms with Crippen molar-refractivity contribution in [3.05, 3.63) is 121 Å². The Balaban J connectivity index is 1.87. The SMILES string of the molecule is O=C(O)C1CC(C(=O)O)CC(S(=O)(=O)OP(c2ccccc2)(c2ccccc2)(c2ccccc2)c2ccccc2)C1. The molecule has 4 aromatic carbocycles. The summed E-state index contributed by atoms with van der Waals surface area (Å²) in [6.45, 7) is -4.59. The Morgan fingerprint density at radius 2 is 0.854 bits per heavy atom. The van der Waals surface area contributed by atoms with Crippen LogP contribution in [0.3, 0.4) is 0 Å². The van der Waals surface area contributed by atoms with Gasteiger partial charge in [0.05, 0.1) is 0 Å². The topological polar surface area (TPSA) is 118 Å². The van der Waals surface area contributed by atoms with Crippen molar-refractivity contribution in [3.63, 3.8) is 0 Å². The predicted octanol–water partition coefficient (Wildman–Crippen LogP) is 4.06. The molecular weight excluding hydrogens is 559 g/mol. The van der Waals surface area contributed by atoms with Gasteiger partial charge in [-0.25, -0.2) is 0 Å². The van der Waals surface area contributed by atoms with Gasteiger partial charge < -0.3 is 0 Å². The first kappa shape index (κ1) is 28.7. The molecule has 1 saturated carbocycles. The van der Waals surface area contributed by atoms with Gasteiger partial charge in [-0.05, 0) is 0 Å². The van der Waals surface area contributed by atoms with Gasteiger partial charge in [0.2, 0.25) is 0 Å². The molecule has 0 aromatic heterocycles. The van der Waals surface area contributed by atoms with Crippen molar-refractivity contribution in [1.29, 1.82) is 0 Å². The Bertz CT molecular complexity index is 1440. The van der Waals surface area contributed by atoms with Gasteiger partial charge in [-0.15, -0.1) is 0 Å². The number of carboxylic acids is 2. The molecule has 5 rings (SSSR count). The third-order valence-corrected chi connectivity index (χ3v) is 16.4. The molecule has 9 heteroatoms. The summed E-state index contributed by atoms with van der Waals surface area (Å²) < 4.78 is 36.2. The molecule has 212 valence electrons. The minimum absolute atomic E-state index is 0.130. The van der Waals surface area contributed by atoms with Gasteiger partial charge in [0.1, 0.15) is 0 Å². The standard InChI is InChI=1S/C32H31O7PS/c33-31(34)24-21-25(32(35)36)23-30(22-24)41(37,38)39-40(26-13-5-1-6-14-26,27-15-7-2-8-16-27,28-17-9-3-10-18-28)29-19-11-4-12-20-29/h1-20,24-25,30H,21-23H2,(H,33,34)(H,35,36). The second-order valence-corrected chi connectivity index (χ2v) is 16.7. The number of carboxylic acid groups (broad SMARTS) is 2. The number of hydrogen-bond acceptors (Lipinski definition) is 5. The number of aliphatic carboxylic acids is 2. The van der Waals surface area contributed by atoms with E-state index in [0.717, 1.165) is 0 Å². The molecule has 0 amide bonds. The van der Waals surface area contributed by atoms with E-state index in [-0.39, 0.29) is 19.3 Å². The molecule has 7 nitrogen and oxygen atoms in total. The molecule has 4 aromatic rings. The summed E-state index contributed by atoms with van der Waals surface area (Å²) in [6, 6.07) is 37.0. The zero-order chi connectivity index (χ0) is 29.1. The minimum atomic E-state index is -4.59. The van der Waals surface area contributed by atoms with E-state index in [2.05, 4.69) is 0 Å². The number of benzene rings is 4. The van der Waals surface area contributed by atoms with Crippen molar-refractivity contribution in [2.24, 2.45) is 11.8 Å². The summed E-state index contributed by atoms with van der Waals surface area (Å²) in [4.78, 5) is 24.0. The van der Waals surface area contributed by atoms with E-state index < -0.39 is 46.0 Å². The van der Waals surface area contributed by atoms with Crippen molar-refractivity contribution < 1.29 is 32.2 Å². The summed E-state index contributed by atoms with van der Waals surface area (Å²) in [5.74, 6) is -4.68. The second kappa shape index (κ2) is 11.2. The Morgan fingerprint density at radius 3 is 1.12 bits per heavy atom. The molecule has 1 aliphatic carbocycles. The van der Waals surface area contributed by atoms with E-state index in [4.69, 9.17) is 3.97 Å². The Labute approximate surface area is 239 Å². The van der Waals surface area contributed by atoms with Crippen LogP contribution in [0.15, 0.2) is 121 Å². The van der Waals surface area contributed by atoms with E-state index in [1.54, 1.807) is 0 Å². The van der Waals surface area contributed by atoms with Crippen LogP contribution in [-0.2, 0) is 23.7 Å². The van der Waals surface area contributed by atoms with Gasteiger partial charge in [-0.3, -0.25) is 0 Å². The van der Waals surface area contributed by atoms with Crippen molar-refractivity contribution in [3.8, 4) is 0 Å². The summed E-state index contributed by atoms with van der Waals surface area (Å²) >= 11 is 0. The van der Waals surface area contributed by atoms with Gasteiger partial charge in [-0.1, -0.05) is 0 Å². The summed E-state index contributed by atoms with van der Waals surface area (Å²) in [6.07, 6.45) is -0.600. The van der Waals surface area contributed by atoms with Gasteiger partial charge in [-0.2, -0.15) is 0 Å². The molecule has 0 aliphatic heterocycles. The molecule has 0 heterocycles. The van der Waals surface area contributed by atoms with Crippen LogP contribution in [0, 0.1) is 11.8 Å². The van der Waals surface area contributed by atoms with Gasteiger partial charge in [0.25, 0.3) is 0 Å². The first-order chi connectivity index (χ1) is 19.7. The maximum absolute atomic E-state index is 14.7. The summed E-state index contributed by atoms with van der Waals surface area (Å²) in [5.41, 5.74) is 0. The third kappa shape index (κ3) is 4.86. The van der Waals surface area contributed by atoms with E-state index >= 15 is 0 Å². The van der Waals surface area contributed by atoms with Crippen molar-refractivity contribution in [2.45, 2.75) is 24.5 Å². The Hall–Kier alpha value is -3.84. The van der Waals surface area contributed by atoms with Crippen LogP contribution in [-0.4, -0.2) is 35.8 Å². The first-order valence-electron chi connectivity index (χ1n) is 13.3. The van der Waals surface area contributed by atoms with Crippen molar-refractivity contribution in [1.82, 2.24) is 0 Å². The Kier molecular flexibility index (Phi) is 7.84. The monoisotopic (exact) mass is 590 g/mol. The van der Waals surface area contributed by atoms with Gasteiger partial charge in [0, 0.05) is 0 Å². The van der Waals surface area contributed by atoms with Gasteiger partial charge in [0.15, 0.2) is 0 Å². The third-order valence-electron chi connectivity index (χ3n) is 8.02. The van der Waals surface area contributed by atoms with Crippen LogP contribution < -0.4 is 21.2 Å². The molecule has 0 spiro atoms. The van der Waals surface area contributed by atoms with Crippen LogP contribution in [0.25, 0.3) is 0 Å². The van der Waals surface area contributed by atoms with Crippen LogP contribution in [0.5, 0.6) is 0 Å². The molecule has 2 atom stereocenters. The number of rotatable bonds is 9. The Morgan fingerprint density at radius 1 is 0.561 bits per heavy atom. The molecule has 0 radical (unpaired) electrons. The van der Waals surface area contributed by atoms with Crippen LogP contribution in [0.4, 0.5) is 0 Å². The molecular formula is C32H31O7PS.